The third kappa shape index (κ3) is 3.90. The first kappa shape index (κ1) is 15.6. The molecular formula is C17H22N4O2. The molecule has 0 bridgehead atoms. The molecule has 1 saturated heterocycles. The van der Waals surface area contributed by atoms with E-state index in [1.807, 2.05) is 43.5 Å². The van der Waals surface area contributed by atoms with Crippen molar-refractivity contribution >= 4 is 11.7 Å². The van der Waals surface area contributed by atoms with Gasteiger partial charge in [0.05, 0.1) is 11.8 Å². The highest BCUT2D eigenvalue weighted by Crippen LogP contribution is 2.16. The number of carbonyl (C=O) groups excluding carboxylic acids is 1. The second kappa shape index (κ2) is 7.28. The predicted octanol–water partition coefficient (Wildman–Crippen LogP) is 2.91. The number of carbonyl (C=O) groups is 1. The van der Waals surface area contributed by atoms with Crippen LogP contribution in [0.5, 0.6) is 0 Å². The Kier molecular flexibility index (Phi) is 4.92. The summed E-state index contributed by atoms with van der Waals surface area (Å²) in [5, 5.41) is 7.16. The Labute approximate surface area is 136 Å². The van der Waals surface area contributed by atoms with E-state index in [1.165, 1.54) is 0 Å². The molecule has 3 rings (SSSR count). The lowest BCUT2D eigenvalue weighted by molar-refractivity contribution is 0.0849. The van der Waals surface area contributed by atoms with E-state index in [0.717, 1.165) is 30.8 Å². The van der Waals surface area contributed by atoms with E-state index in [2.05, 4.69) is 10.4 Å². The SMILES string of the molecule is CCN(CC1CCCO1)C(=O)Nc1cccc(-n2cccn2)c1. The lowest BCUT2D eigenvalue weighted by Gasteiger charge is -2.24. The molecule has 2 amide bonds. The van der Waals surface area contributed by atoms with Crippen LogP contribution in [0.1, 0.15) is 19.8 Å². The summed E-state index contributed by atoms with van der Waals surface area (Å²) in [5.41, 5.74) is 1.67. The highest BCUT2D eigenvalue weighted by atomic mass is 16.5. The number of benzene rings is 1. The molecule has 2 aromatic rings. The van der Waals surface area contributed by atoms with Gasteiger partial charge in [-0.05, 0) is 44.0 Å². The Bertz CT molecular complexity index is 636. The van der Waals surface area contributed by atoms with Gasteiger partial charge in [0.1, 0.15) is 0 Å². The van der Waals surface area contributed by atoms with Crippen LogP contribution in [-0.4, -0.2) is 46.5 Å². The number of amides is 2. The van der Waals surface area contributed by atoms with Crippen molar-refractivity contribution in [1.82, 2.24) is 14.7 Å². The van der Waals surface area contributed by atoms with Crippen LogP contribution in [0.25, 0.3) is 5.69 Å². The van der Waals surface area contributed by atoms with Crippen LogP contribution in [0.3, 0.4) is 0 Å². The number of urea groups is 1. The Morgan fingerprint density at radius 1 is 1.48 bits per heavy atom. The molecule has 1 unspecified atom stereocenters. The van der Waals surface area contributed by atoms with Gasteiger partial charge in [0, 0.05) is 37.8 Å². The van der Waals surface area contributed by atoms with Crippen molar-refractivity contribution in [3.05, 3.63) is 42.7 Å². The minimum Gasteiger partial charge on any atom is -0.376 e. The number of hydrogen-bond acceptors (Lipinski definition) is 3. The summed E-state index contributed by atoms with van der Waals surface area (Å²) >= 11 is 0. The Balaban J connectivity index is 1.65. The van der Waals surface area contributed by atoms with Crippen LogP contribution >= 0.6 is 0 Å². The zero-order chi connectivity index (χ0) is 16.1. The van der Waals surface area contributed by atoms with Crippen molar-refractivity contribution in [2.24, 2.45) is 0 Å². The maximum Gasteiger partial charge on any atom is 0.321 e. The van der Waals surface area contributed by atoms with Crippen LogP contribution in [-0.2, 0) is 4.74 Å². The molecule has 1 aliphatic heterocycles. The Morgan fingerprint density at radius 3 is 3.09 bits per heavy atom. The topological polar surface area (TPSA) is 59.4 Å². The number of likely N-dealkylation sites (N-methyl/N-ethyl adjacent to an activating group) is 1. The molecule has 1 N–H and O–H groups in total. The molecule has 122 valence electrons. The van der Waals surface area contributed by atoms with Crippen molar-refractivity contribution < 1.29 is 9.53 Å². The van der Waals surface area contributed by atoms with Gasteiger partial charge in [0.2, 0.25) is 0 Å². The summed E-state index contributed by atoms with van der Waals surface area (Å²) in [4.78, 5) is 14.3. The van der Waals surface area contributed by atoms with Gasteiger partial charge in [0.25, 0.3) is 0 Å². The van der Waals surface area contributed by atoms with Crippen LogP contribution in [0, 0.1) is 0 Å². The first-order valence-corrected chi connectivity index (χ1v) is 8.04. The molecule has 0 saturated carbocycles. The fraction of sp³-hybridized carbons (Fsp3) is 0.412. The highest BCUT2D eigenvalue weighted by Gasteiger charge is 2.21. The van der Waals surface area contributed by atoms with E-state index in [1.54, 1.807) is 15.8 Å². The molecule has 1 aromatic heterocycles. The van der Waals surface area contributed by atoms with Gasteiger partial charge in [-0.25, -0.2) is 9.48 Å². The standard InChI is InChI=1S/C17H22N4O2/c1-2-20(13-16-8-4-11-23-16)17(22)19-14-6-3-7-15(12-14)21-10-5-9-18-21/h3,5-7,9-10,12,16H,2,4,8,11,13H2,1H3,(H,19,22). The van der Waals surface area contributed by atoms with Gasteiger partial charge in [-0.3, -0.25) is 0 Å². The summed E-state index contributed by atoms with van der Waals surface area (Å²) in [6.07, 6.45) is 5.87. The molecule has 0 radical (unpaired) electrons. The normalized spacial score (nSPS) is 17.2. The van der Waals surface area contributed by atoms with Crippen molar-refractivity contribution in [2.75, 3.05) is 25.0 Å². The summed E-state index contributed by atoms with van der Waals surface area (Å²) in [7, 11) is 0. The predicted molar refractivity (Wildman–Crippen MR) is 88.8 cm³/mol. The fourth-order valence-electron chi connectivity index (χ4n) is 2.74. The van der Waals surface area contributed by atoms with Gasteiger partial charge >= 0.3 is 6.03 Å². The molecule has 6 heteroatoms. The highest BCUT2D eigenvalue weighted by molar-refractivity contribution is 5.89. The molecule has 0 spiro atoms. The lowest BCUT2D eigenvalue weighted by atomic mass is 10.2. The van der Waals surface area contributed by atoms with Gasteiger partial charge < -0.3 is 15.0 Å². The van der Waals surface area contributed by atoms with E-state index < -0.39 is 0 Å². The lowest BCUT2D eigenvalue weighted by Crippen LogP contribution is -2.39. The molecule has 0 aliphatic carbocycles. The number of ether oxygens (including phenoxy) is 1. The minimum absolute atomic E-state index is 0.0967. The third-order valence-electron chi connectivity index (χ3n) is 3.98. The summed E-state index contributed by atoms with van der Waals surface area (Å²) in [5.74, 6) is 0. The first-order valence-electron chi connectivity index (χ1n) is 8.04. The van der Waals surface area contributed by atoms with Crippen molar-refractivity contribution in [2.45, 2.75) is 25.9 Å². The van der Waals surface area contributed by atoms with Crippen LogP contribution in [0.15, 0.2) is 42.7 Å². The van der Waals surface area contributed by atoms with E-state index in [0.29, 0.717) is 13.1 Å². The van der Waals surface area contributed by atoms with Crippen LogP contribution < -0.4 is 5.32 Å². The maximum absolute atomic E-state index is 12.5. The van der Waals surface area contributed by atoms with Gasteiger partial charge in [-0.15, -0.1) is 0 Å². The molecular weight excluding hydrogens is 292 g/mol. The number of rotatable bonds is 5. The summed E-state index contributed by atoms with van der Waals surface area (Å²) in [6, 6.07) is 9.41. The van der Waals surface area contributed by atoms with E-state index in [9.17, 15) is 4.79 Å². The fourth-order valence-corrected chi connectivity index (χ4v) is 2.74. The Morgan fingerprint density at radius 2 is 2.39 bits per heavy atom. The van der Waals surface area contributed by atoms with E-state index >= 15 is 0 Å². The van der Waals surface area contributed by atoms with Crippen LogP contribution in [0.2, 0.25) is 0 Å². The van der Waals surface area contributed by atoms with E-state index in [-0.39, 0.29) is 12.1 Å². The molecule has 2 heterocycles. The van der Waals surface area contributed by atoms with Crippen molar-refractivity contribution in [1.29, 1.82) is 0 Å². The number of hydrogen-bond donors (Lipinski definition) is 1. The molecule has 1 atom stereocenters. The largest absolute Gasteiger partial charge is 0.376 e. The average molecular weight is 314 g/mol. The maximum atomic E-state index is 12.5. The third-order valence-corrected chi connectivity index (χ3v) is 3.98. The molecule has 6 nitrogen and oxygen atoms in total. The molecule has 1 aromatic carbocycles. The second-order valence-corrected chi connectivity index (χ2v) is 5.60. The number of nitrogens with one attached hydrogen (secondary N) is 1. The quantitative estimate of drug-likeness (QED) is 0.923. The summed E-state index contributed by atoms with van der Waals surface area (Å²) < 4.78 is 7.38. The van der Waals surface area contributed by atoms with Crippen LogP contribution in [0.4, 0.5) is 10.5 Å². The van der Waals surface area contributed by atoms with Gasteiger partial charge in [-0.2, -0.15) is 5.10 Å². The van der Waals surface area contributed by atoms with E-state index in [4.69, 9.17) is 4.74 Å². The first-order chi connectivity index (χ1) is 11.3. The Hall–Kier alpha value is -2.34. The number of nitrogens with zero attached hydrogens (tertiary/aromatic N) is 3. The summed E-state index contributed by atoms with van der Waals surface area (Å²) in [6.45, 7) is 4.08. The minimum atomic E-state index is -0.0967. The molecule has 1 fully saturated rings. The van der Waals surface area contributed by atoms with Gasteiger partial charge in [-0.1, -0.05) is 6.07 Å². The molecule has 1 aliphatic rings. The smallest absolute Gasteiger partial charge is 0.321 e. The number of aromatic nitrogens is 2. The van der Waals surface area contributed by atoms with Crippen molar-refractivity contribution in [3.63, 3.8) is 0 Å². The average Bonchev–Trinajstić information content (AvgIpc) is 3.26. The van der Waals surface area contributed by atoms with Crippen molar-refractivity contribution in [3.8, 4) is 5.69 Å². The molecule has 23 heavy (non-hydrogen) atoms. The number of anilines is 1. The monoisotopic (exact) mass is 314 g/mol. The van der Waals surface area contributed by atoms with Gasteiger partial charge in [0.15, 0.2) is 0 Å². The zero-order valence-electron chi connectivity index (χ0n) is 13.3. The second-order valence-electron chi connectivity index (χ2n) is 5.60. The zero-order valence-corrected chi connectivity index (χ0v) is 13.3.